The third kappa shape index (κ3) is 3.80. The minimum atomic E-state index is -0.255. The number of hydrogen-bond acceptors (Lipinski definition) is 2. The van der Waals surface area contributed by atoms with Crippen LogP contribution in [-0.2, 0) is 6.54 Å². The molecule has 3 nitrogen and oxygen atoms in total. The number of aromatic nitrogens is 2. The molecule has 1 aromatic heterocycles. The Morgan fingerprint density at radius 3 is 2.68 bits per heavy atom. The molecule has 1 heterocycles. The third-order valence-electron chi connectivity index (χ3n) is 4.67. The number of nitrogens with zero attached hydrogens (tertiary/aromatic N) is 2. The Labute approximate surface area is 148 Å². The van der Waals surface area contributed by atoms with Gasteiger partial charge in [-0.2, -0.15) is 5.10 Å². The molecule has 0 saturated carbocycles. The Morgan fingerprint density at radius 1 is 1.12 bits per heavy atom. The molecule has 0 amide bonds. The predicted octanol–water partition coefficient (Wildman–Crippen LogP) is 4.79. The SMILES string of the molecule is Cc1ccc(C)c(CNC(C)c2cnn(-c3cccc(F)c3)c2C)c1. The molecule has 4 heteroatoms. The van der Waals surface area contributed by atoms with Crippen LogP contribution in [0.25, 0.3) is 5.69 Å². The van der Waals surface area contributed by atoms with Crippen molar-refractivity contribution in [2.45, 2.75) is 40.3 Å². The van der Waals surface area contributed by atoms with Crippen molar-refractivity contribution in [3.05, 3.63) is 82.4 Å². The zero-order valence-corrected chi connectivity index (χ0v) is 15.2. The van der Waals surface area contributed by atoms with Crippen molar-refractivity contribution in [3.63, 3.8) is 0 Å². The van der Waals surface area contributed by atoms with E-state index in [1.165, 1.54) is 28.8 Å². The molecular weight excluding hydrogens is 313 g/mol. The molecule has 0 fully saturated rings. The number of benzene rings is 2. The number of rotatable bonds is 5. The summed E-state index contributed by atoms with van der Waals surface area (Å²) in [7, 11) is 0. The summed E-state index contributed by atoms with van der Waals surface area (Å²) in [6, 6.07) is 13.2. The second-order valence-corrected chi connectivity index (χ2v) is 6.61. The molecule has 3 aromatic rings. The topological polar surface area (TPSA) is 29.9 Å². The molecule has 1 N–H and O–H groups in total. The lowest BCUT2D eigenvalue weighted by atomic mass is 10.0. The highest BCUT2D eigenvalue weighted by Gasteiger charge is 2.14. The van der Waals surface area contributed by atoms with Crippen molar-refractivity contribution in [3.8, 4) is 5.69 Å². The average Bonchev–Trinajstić information content (AvgIpc) is 2.97. The van der Waals surface area contributed by atoms with Crippen LogP contribution < -0.4 is 5.32 Å². The van der Waals surface area contributed by atoms with Crippen LogP contribution >= 0.6 is 0 Å². The van der Waals surface area contributed by atoms with Gasteiger partial charge in [0.2, 0.25) is 0 Å². The number of hydrogen-bond donors (Lipinski definition) is 1. The monoisotopic (exact) mass is 337 g/mol. The molecule has 3 rings (SSSR count). The van der Waals surface area contributed by atoms with Crippen LogP contribution in [0.1, 0.15) is 40.9 Å². The molecule has 1 atom stereocenters. The highest BCUT2D eigenvalue weighted by Crippen LogP contribution is 2.21. The van der Waals surface area contributed by atoms with Crippen LogP contribution in [0.5, 0.6) is 0 Å². The maximum Gasteiger partial charge on any atom is 0.125 e. The maximum absolute atomic E-state index is 13.5. The summed E-state index contributed by atoms with van der Waals surface area (Å²) in [4.78, 5) is 0. The van der Waals surface area contributed by atoms with Crippen molar-refractivity contribution < 1.29 is 4.39 Å². The maximum atomic E-state index is 13.5. The fraction of sp³-hybridized carbons (Fsp3) is 0.286. The fourth-order valence-electron chi connectivity index (χ4n) is 3.08. The molecule has 0 aliphatic rings. The molecule has 0 aliphatic carbocycles. The second kappa shape index (κ2) is 7.19. The molecule has 130 valence electrons. The average molecular weight is 337 g/mol. The van der Waals surface area contributed by atoms with Gasteiger partial charge in [-0.05, 0) is 57.0 Å². The van der Waals surface area contributed by atoms with Crippen LogP contribution in [0, 0.1) is 26.6 Å². The van der Waals surface area contributed by atoms with E-state index in [1.54, 1.807) is 10.7 Å². The van der Waals surface area contributed by atoms with Crippen molar-refractivity contribution in [1.29, 1.82) is 0 Å². The lowest BCUT2D eigenvalue weighted by Crippen LogP contribution is -2.19. The normalized spacial score (nSPS) is 12.4. The van der Waals surface area contributed by atoms with Crippen molar-refractivity contribution in [2.75, 3.05) is 0 Å². The van der Waals surface area contributed by atoms with E-state index < -0.39 is 0 Å². The third-order valence-corrected chi connectivity index (χ3v) is 4.67. The largest absolute Gasteiger partial charge is 0.306 e. The summed E-state index contributed by atoms with van der Waals surface area (Å²) in [5.74, 6) is -0.255. The molecule has 2 aromatic carbocycles. The first-order valence-electron chi connectivity index (χ1n) is 8.55. The van der Waals surface area contributed by atoms with E-state index >= 15 is 0 Å². The van der Waals surface area contributed by atoms with E-state index in [0.29, 0.717) is 0 Å². The molecule has 0 aliphatic heterocycles. The Morgan fingerprint density at radius 2 is 1.92 bits per heavy atom. The standard InChI is InChI=1S/C21H24FN3/c1-14-8-9-15(2)18(10-14)12-23-16(3)21-13-24-25(17(21)4)20-7-5-6-19(22)11-20/h5-11,13,16,23H,12H2,1-4H3. The van der Waals surface area contributed by atoms with Crippen molar-refractivity contribution >= 4 is 0 Å². The van der Waals surface area contributed by atoms with Gasteiger partial charge in [-0.1, -0.05) is 29.8 Å². The summed E-state index contributed by atoms with van der Waals surface area (Å²) >= 11 is 0. The molecule has 1 unspecified atom stereocenters. The van der Waals surface area contributed by atoms with Gasteiger partial charge in [0.25, 0.3) is 0 Å². The highest BCUT2D eigenvalue weighted by atomic mass is 19.1. The molecule has 0 bridgehead atoms. The Hall–Kier alpha value is -2.46. The first-order chi connectivity index (χ1) is 12.0. The quantitative estimate of drug-likeness (QED) is 0.725. The Balaban J connectivity index is 1.77. The minimum Gasteiger partial charge on any atom is -0.306 e. The molecule has 0 spiro atoms. The van der Waals surface area contributed by atoms with E-state index in [2.05, 4.69) is 49.4 Å². The van der Waals surface area contributed by atoms with Gasteiger partial charge in [0.05, 0.1) is 11.9 Å². The van der Waals surface area contributed by atoms with Crippen molar-refractivity contribution in [1.82, 2.24) is 15.1 Å². The summed E-state index contributed by atoms with van der Waals surface area (Å²) in [6.45, 7) is 9.20. The van der Waals surface area contributed by atoms with E-state index in [-0.39, 0.29) is 11.9 Å². The minimum absolute atomic E-state index is 0.155. The van der Waals surface area contributed by atoms with Gasteiger partial charge in [-0.3, -0.25) is 0 Å². The van der Waals surface area contributed by atoms with Gasteiger partial charge in [0.1, 0.15) is 5.82 Å². The molecule has 0 radical (unpaired) electrons. The first kappa shape index (κ1) is 17.4. The van der Waals surface area contributed by atoms with Crippen LogP contribution in [-0.4, -0.2) is 9.78 Å². The lowest BCUT2D eigenvalue weighted by molar-refractivity contribution is 0.570. The van der Waals surface area contributed by atoms with Crippen LogP contribution in [0.15, 0.2) is 48.7 Å². The van der Waals surface area contributed by atoms with Gasteiger partial charge >= 0.3 is 0 Å². The van der Waals surface area contributed by atoms with Crippen LogP contribution in [0.3, 0.4) is 0 Å². The summed E-state index contributed by atoms with van der Waals surface area (Å²) in [5.41, 5.74) is 6.75. The smallest absolute Gasteiger partial charge is 0.125 e. The van der Waals surface area contributed by atoms with E-state index in [1.807, 2.05) is 19.2 Å². The number of nitrogens with one attached hydrogen (secondary N) is 1. The van der Waals surface area contributed by atoms with Crippen molar-refractivity contribution in [2.24, 2.45) is 0 Å². The zero-order valence-electron chi connectivity index (χ0n) is 15.2. The summed E-state index contributed by atoms with van der Waals surface area (Å²) in [5, 5.41) is 8.02. The lowest BCUT2D eigenvalue weighted by Gasteiger charge is -2.16. The molecular formula is C21H24FN3. The number of aryl methyl sites for hydroxylation is 2. The number of halogens is 1. The fourth-order valence-corrected chi connectivity index (χ4v) is 3.08. The Kier molecular flexibility index (Phi) is 5.00. The van der Waals surface area contributed by atoms with Gasteiger partial charge in [-0.15, -0.1) is 0 Å². The zero-order chi connectivity index (χ0) is 18.0. The van der Waals surface area contributed by atoms with Gasteiger partial charge in [0.15, 0.2) is 0 Å². The molecule has 0 saturated heterocycles. The van der Waals surface area contributed by atoms with E-state index in [4.69, 9.17) is 0 Å². The highest BCUT2D eigenvalue weighted by molar-refractivity contribution is 5.36. The second-order valence-electron chi connectivity index (χ2n) is 6.61. The van der Waals surface area contributed by atoms with Gasteiger partial charge < -0.3 is 5.32 Å². The van der Waals surface area contributed by atoms with Crippen LogP contribution in [0.2, 0.25) is 0 Å². The first-order valence-corrected chi connectivity index (χ1v) is 8.55. The molecule has 25 heavy (non-hydrogen) atoms. The van der Waals surface area contributed by atoms with E-state index in [9.17, 15) is 4.39 Å². The van der Waals surface area contributed by atoms with E-state index in [0.717, 1.165) is 23.5 Å². The van der Waals surface area contributed by atoms with Crippen LogP contribution in [0.4, 0.5) is 4.39 Å². The van der Waals surface area contributed by atoms with Gasteiger partial charge in [-0.25, -0.2) is 9.07 Å². The summed E-state index contributed by atoms with van der Waals surface area (Å²) < 4.78 is 15.3. The Bertz CT molecular complexity index is 883. The summed E-state index contributed by atoms with van der Waals surface area (Å²) in [6.07, 6.45) is 1.86. The predicted molar refractivity (Wildman–Crippen MR) is 99.4 cm³/mol. The van der Waals surface area contributed by atoms with Gasteiger partial charge in [0, 0.05) is 23.8 Å².